The molecule has 2 amide bonds. The summed E-state index contributed by atoms with van der Waals surface area (Å²) < 4.78 is 11.0. The molecule has 2 rings (SSSR count). The van der Waals surface area contributed by atoms with Crippen molar-refractivity contribution in [2.75, 3.05) is 18.6 Å². The maximum absolute atomic E-state index is 12.2. The number of hydrogen-bond acceptors (Lipinski definition) is 3. The highest BCUT2D eigenvalue weighted by atomic mass is 32.2. The summed E-state index contributed by atoms with van der Waals surface area (Å²) in [5, 5.41) is 12.0. The van der Waals surface area contributed by atoms with Crippen LogP contribution in [-0.2, 0) is 15.6 Å². The second kappa shape index (κ2) is 6.56. The normalized spacial score (nSPS) is 30.6. The van der Waals surface area contributed by atoms with Crippen LogP contribution in [0, 0.1) is 5.92 Å². The molecule has 1 heterocycles. The quantitative estimate of drug-likeness (QED) is 0.804. The number of nitrogens with one attached hydrogen (secondary N) is 1. The summed E-state index contributed by atoms with van der Waals surface area (Å²) in [4.78, 5) is 25.1. The van der Waals surface area contributed by atoms with E-state index in [0.717, 1.165) is 25.7 Å². The van der Waals surface area contributed by atoms with Crippen LogP contribution < -0.4 is 5.32 Å². The van der Waals surface area contributed by atoms with E-state index >= 15 is 0 Å². The van der Waals surface area contributed by atoms with Crippen molar-refractivity contribution in [2.45, 2.75) is 44.2 Å². The molecule has 1 aliphatic carbocycles. The van der Waals surface area contributed by atoms with Gasteiger partial charge in [0.25, 0.3) is 0 Å². The molecular formula is C13H22N2O4S. The first-order valence-electron chi connectivity index (χ1n) is 7.09. The first-order chi connectivity index (χ1) is 9.50. The number of carbonyl (C=O) groups excluding carboxylic acids is 1. The summed E-state index contributed by atoms with van der Waals surface area (Å²) in [6.45, 7) is 0.322. The summed E-state index contributed by atoms with van der Waals surface area (Å²) in [6.07, 6.45) is 6.22. The van der Waals surface area contributed by atoms with E-state index in [1.807, 2.05) is 0 Å². The number of carbonyl (C=O) groups is 2. The van der Waals surface area contributed by atoms with Crippen molar-refractivity contribution in [3.63, 3.8) is 0 Å². The lowest BCUT2D eigenvalue weighted by Gasteiger charge is -2.32. The van der Waals surface area contributed by atoms with Crippen molar-refractivity contribution >= 4 is 22.8 Å². The van der Waals surface area contributed by atoms with Crippen LogP contribution in [0.2, 0.25) is 0 Å². The lowest BCUT2D eigenvalue weighted by molar-refractivity contribution is -0.141. The van der Waals surface area contributed by atoms with Gasteiger partial charge in [-0.2, -0.15) is 0 Å². The molecule has 6 nitrogen and oxygen atoms in total. The number of rotatable bonds is 4. The molecule has 2 fully saturated rings. The molecule has 0 aromatic heterocycles. The molecule has 0 radical (unpaired) electrons. The highest BCUT2D eigenvalue weighted by molar-refractivity contribution is 7.84. The van der Waals surface area contributed by atoms with Crippen LogP contribution in [0.1, 0.15) is 32.1 Å². The van der Waals surface area contributed by atoms with Crippen molar-refractivity contribution in [1.29, 1.82) is 0 Å². The molecule has 114 valence electrons. The van der Waals surface area contributed by atoms with Crippen LogP contribution >= 0.6 is 0 Å². The number of amides is 2. The van der Waals surface area contributed by atoms with E-state index in [2.05, 4.69) is 5.32 Å². The third-order valence-corrected chi connectivity index (χ3v) is 5.05. The van der Waals surface area contributed by atoms with Gasteiger partial charge < -0.3 is 15.3 Å². The standard InChI is InChI=1S/C13H22N2O4S/c1-20(19)7-6-14-13(18)15-10-5-3-2-4-9(10)8-11(15)12(16)17/h9-11H,2-8H2,1H3,(H,14,18)(H,16,17). The minimum atomic E-state index is -0.959. The maximum atomic E-state index is 12.2. The lowest BCUT2D eigenvalue weighted by Crippen LogP contribution is -2.51. The van der Waals surface area contributed by atoms with Crippen molar-refractivity contribution in [1.82, 2.24) is 10.2 Å². The van der Waals surface area contributed by atoms with Gasteiger partial charge in [-0.1, -0.05) is 12.8 Å². The zero-order valence-electron chi connectivity index (χ0n) is 11.7. The molecule has 4 unspecified atom stereocenters. The van der Waals surface area contributed by atoms with Gasteiger partial charge in [-0.05, 0) is 25.2 Å². The number of likely N-dealkylation sites (tertiary alicyclic amines) is 1. The second-order valence-corrected chi connectivity index (χ2v) is 7.17. The van der Waals surface area contributed by atoms with Gasteiger partial charge in [0.05, 0.1) is 0 Å². The van der Waals surface area contributed by atoms with Crippen molar-refractivity contribution in [2.24, 2.45) is 5.92 Å². The molecule has 20 heavy (non-hydrogen) atoms. The number of nitrogens with zero attached hydrogens (tertiary/aromatic N) is 1. The van der Waals surface area contributed by atoms with Gasteiger partial charge in [-0.3, -0.25) is 4.21 Å². The number of carboxylic acid groups (broad SMARTS) is 1. The van der Waals surface area contributed by atoms with E-state index in [0.29, 0.717) is 24.6 Å². The van der Waals surface area contributed by atoms with E-state index in [1.54, 1.807) is 6.26 Å². The minimum Gasteiger partial charge on any atom is -0.480 e. The molecule has 7 heteroatoms. The van der Waals surface area contributed by atoms with Gasteiger partial charge in [-0.15, -0.1) is 0 Å². The van der Waals surface area contributed by atoms with E-state index in [4.69, 9.17) is 0 Å². The smallest absolute Gasteiger partial charge is 0.326 e. The Labute approximate surface area is 121 Å². The Morgan fingerprint density at radius 1 is 1.35 bits per heavy atom. The summed E-state index contributed by atoms with van der Waals surface area (Å²) in [5.74, 6) is -0.213. The highest BCUT2D eigenvalue weighted by Crippen LogP contribution is 2.39. The summed E-state index contributed by atoms with van der Waals surface area (Å²) in [7, 11) is -0.959. The molecule has 4 atom stereocenters. The zero-order valence-corrected chi connectivity index (χ0v) is 12.5. The average molecular weight is 302 g/mol. The van der Waals surface area contributed by atoms with Crippen molar-refractivity contribution < 1.29 is 18.9 Å². The van der Waals surface area contributed by atoms with E-state index in [9.17, 15) is 18.9 Å². The molecule has 2 aliphatic rings. The van der Waals surface area contributed by atoms with Gasteiger partial charge in [0.1, 0.15) is 6.04 Å². The lowest BCUT2D eigenvalue weighted by atomic mass is 9.85. The Balaban J connectivity index is 2.02. The summed E-state index contributed by atoms with van der Waals surface area (Å²) in [5.41, 5.74) is 0. The molecule has 0 spiro atoms. The summed E-state index contributed by atoms with van der Waals surface area (Å²) in [6, 6.07) is -0.982. The van der Waals surface area contributed by atoms with Crippen LogP contribution in [0.25, 0.3) is 0 Å². The molecular weight excluding hydrogens is 280 g/mol. The van der Waals surface area contributed by atoms with Crippen molar-refractivity contribution in [3.8, 4) is 0 Å². The van der Waals surface area contributed by atoms with Gasteiger partial charge in [0.2, 0.25) is 0 Å². The Morgan fingerprint density at radius 3 is 2.70 bits per heavy atom. The first kappa shape index (κ1) is 15.3. The number of carboxylic acids is 1. The fraction of sp³-hybridized carbons (Fsp3) is 0.846. The third-order valence-electron chi connectivity index (χ3n) is 4.27. The van der Waals surface area contributed by atoms with Crippen LogP contribution in [0.4, 0.5) is 4.79 Å². The van der Waals surface area contributed by atoms with Crippen molar-refractivity contribution in [3.05, 3.63) is 0 Å². The van der Waals surface area contributed by atoms with Crippen LogP contribution in [0.3, 0.4) is 0 Å². The topological polar surface area (TPSA) is 86.7 Å². The summed E-state index contributed by atoms with van der Waals surface area (Å²) >= 11 is 0. The van der Waals surface area contributed by atoms with Gasteiger partial charge in [-0.25, -0.2) is 9.59 Å². The zero-order chi connectivity index (χ0) is 14.7. The van der Waals surface area contributed by atoms with Crippen LogP contribution in [-0.4, -0.2) is 56.9 Å². The monoisotopic (exact) mass is 302 g/mol. The predicted octanol–water partition coefficient (Wildman–Crippen LogP) is 0.792. The number of aliphatic carboxylic acids is 1. The Morgan fingerprint density at radius 2 is 2.05 bits per heavy atom. The van der Waals surface area contributed by atoms with Gasteiger partial charge in [0.15, 0.2) is 0 Å². The van der Waals surface area contributed by atoms with Crippen LogP contribution in [0.15, 0.2) is 0 Å². The molecule has 2 N–H and O–H groups in total. The largest absolute Gasteiger partial charge is 0.480 e. The molecule has 0 aromatic rings. The van der Waals surface area contributed by atoms with Crippen LogP contribution in [0.5, 0.6) is 0 Å². The average Bonchev–Trinajstić information content (AvgIpc) is 2.77. The fourth-order valence-electron chi connectivity index (χ4n) is 3.37. The van der Waals surface area contributed by atoms with E-state index < -0.39 is 22.8 Å². The Hall–Kier alpha value is -1.11. The third kappa shape index (κ3) is 3.31. The van der Waals surface area contributed by atoms with E-state index in [-0.39, 0.29) is 12.1 Å². The molecule has 1 saturated heterocycles. The fourth-order valence-corrected chi connectivity index (χ4v) is 3.76. The molecule has 0 aromatic carbocycles. The predicted molar refractivity (Wildman–Crippen MR) is 76.0 cm³/mol. The van der Waals surface area contributed by atoms with Gasteiger partial charge in [0, 0.05) is 35.4 Å². The number of fused-ring (bicyclic) bond motifs is 1. The number of urea groups is 1. The number of hydrogen-bond donors (Lipinski definition) is 2. The Kier molecular flexibility index (Phi) is 5.01. The Bertz CT molecular complexity index is 415. The van der Waals surface area contributed by atoms with E-state index in [1.165, 1.54) is 4.90 Å². The molecule has 1 aliphatic heterocycles. The highest BCUT2D eigenvalue weighted by Gasteiger charge is 2.47. The second-order valence-electron chi connectivity index (χ2n) is 5.62. The minimum absolute atomic E-state index is 0.0528. The molecule has 1 saturated carbocycles. The SMILES string of the molecule is CS(=O)CCNC(=O)N1C(C(=O)O)CC2CCCCC21. The first-order valence-corrected chi connectivity index (χ1v) is 8.82. The molecule has 0 bridgehead atoms. The maximum Gasteiger partial charge on any atom is 0.326 e. The van der Waals surface area contributed by atoms with Gasteiger partial charge >= 0.3 is 12.0 Å².